The zero-order chi connectivity index (χ0) is 16.3. The molecule has 2 rings (SSSR count). The summed E-state index contributed by atoms with van der Waals surface area (Å²) >= 11 is 11.8. The number of aliphatic hydroxyl groups is 1. The van der Waals surface area contributed by atoms with E-state index in [9.17, 15) is 14.7 Å². The number of amides is 2. The maximum absolute atomic E-state index is 12.4. The van der Waals surface area contributed by atoms with Gasteiger partial charge in [-0.25, -0.2) is 0 Å². The summed E-state index contributed by atoms with van der Waals surface area (Å²) in [5.74, 6) is -0.477. The van der Waals surface area contributed by atoms with Gasteiger partial charge in [0.05, 0.1) is 0 Å². The third-order valence-corrected chi connectivity index (χ3v) is 4.29. The number of benzene rings is 1. The molecule has 0 aromatic heterocycles. The molecule has 1 aromatic rings. The summed E-state index contributed by atoms with van der Waals surface area (Å²) in [6, 6.07) is 4.58. The summed E-state index contributed by atoms with van der Waals surface area (Å²) in [7, 11) is 1.60. The second-order valence-corrected chi connectivity index (χ2v) is 6.19. The normalized spacial score (nSPS) is 17.2. The van der Waals surface area contributed by atoms with Crippen LogP contribution in [-0.2, 0) is 9.59 Å². The SMILES string of the molecule is CNC(=O)C1CCN(C(=O)C(O)c2cc(Cl)cc(Cl)c2)CC1. The van der Waals surface area contributed by atoms with Gasteiger partial charge in [-0.05, 0) is 36.6 Å². The van der Waals surface area contributed by atoms with E-state index in [2.05, 4.69) is 5.32 Å². The van der Waals surface area contributed by atoms with Crippen molar-refractivity contribution in [2.24, 2.45) is 5.92 Å². The van der Waals surface area contributed by atoms with Crippen molar-refractivity contribution in [3.8, 4) is 0 Å². The summed E-state index contributed by atoms with van der Waals surface area (Å²) in [5.41, 5.74) is 0.371. The monoisotopic (exact) mass is 344 g/mol. The molecule has 2 amide bonds. The average molecular weight is 345 g/mol. The number of halogens is 2. The number of nitrogens with one attached hydrogen (secondary N) is 1. The van der Waals surface area contributed by atoms with Gasteiger partial charge in [0.15, 0.2) is 6.10 Å². The van der Waals surface area contributed by atoms with Crippen LogP contribution >= 0.6 is 23.2 Å². The molecule has 1 unspecified atom stereocenters. The maximum atomic E-state index is 12.4. The number of nitrogens with zero attached hydrogens (tertiary/aromatic N) is 1. The molecular formula is C15H18Cl2N2O3. The number of likely N-dealkylation sites (tertiary alicyclic amines) is 1. The largest absolute Gasteiger partial charge is 0.378 e. The molecule has 1 atom stereocenters. The van der Waals surface area contributed by atoms with Crippen molar-refractivity contribution in [2.75, 3.05) is 20.1 Å². The lowest BCUT2D eigenvalue weighted by atomic mass is 9.95. The summed E-state index contributed by atoms with van der Waals surface area (Å²) in [6.07, 6.45) is -0.115. The van der Waals surface area contributed by atoms with Gasteiger partial charge in [0.1, 0.15) is 0 Å². The molecule has 0 aliphatic carbocycles. The highest BCUT2D eigenvalue weighted by Gasteiger charge is 2.30. The fourth-order valence-electron chi connectivity index (χ4n) is 2.61. The first-order valence-corrected chi connectivity index (χ1v) is 7.82. The Hall–Kier alpha value is -1.30. The van der Waals surface area contributed by atoms with E-state index in [0.717, 1.165) is 0 Å². The second-order valence-electron chi connectivity index (χ2n) is 5.32. The van der Waals surface area contributed by atoms with E-state index >= 15 is 0 Å². The Kier molecular flexibility index (Phi) is 5.67. The van der Waals surface area contributed by atoms with Crippen molar-refractivity contribution in [1.29, 1.82) is 0 Å². The number of carbonyl (C=O) groups is 2. The first-order valence-electron chi connectivity index (χ1n) is 7.07. The van der Waals surface area contributed by atoms with Crippen LogP contribution in [0.25, 0.3) is 0 Å². The molecule has 7 heteroatoms. The fraction of sp³-hybridized carbons (Fsp3) is 0.467. The van der Waals surface area contributed by atoms with Crippen LogP contribution in [0.4, 0.5) is 0 Å². The van der Waals surface area contributed by atoms with Gasteiger partial charge in [-0.15, -0.1) is 0 Å². The lowest BCUT2D eigenvalue weighted by Gasteiger charge is -2.32. The van der Waals surface area contributed by atoms with Crippen molar-refractivity contribution < 1.29 is 14.7 Å². The van der Waals surface area contributed by atoms with Gasteiger partial charge in [0.2, 0.25) is 5.91 Å². The van der Waals surface area contributed by atoms with Crippen LogP contribution in [0.2, 0.25) is 10.0 Å². The summed E-state index contributed by atoms with van der Waals surface area (Å²) in [4.78, 5) is 25.5. The van der Waals surface area contributed by atoms with Crippen LogP contribution in [0, 0.1) is 5.92 Å². The molecule has 120 valence electrons. The lowest BCUT2D eigenvalue weighted by Crippen LogP contribution is -2.44. The van der Waals surface area contributed by atoms with E-state index in [1.807, 2.05) is 0 Å². The number of rotatable bonds is 3. The molecule has 1 heterocycles. The Morgan fingerprint density at radius 3 is 2.27 bits per heavy atom. The van der Waals surface area contributed by atoms with Crippen LogP contribution in [0.5, 0.6) is 0 Å². The van der Waals surface area contributed by atoms with Gasteiger partial charge >= 0.3 is 0 Å². The third kappa shape index (κ3) is 3.91. The zero-order valence-corrected chi connectivity index (χ0v) is 13.7. The topological polar surface area (TPSA) is 69.6 Å². The average Bonchev–Trinajstić information content (AvgIpc) is 2.52. The molecule has 0 radical (unpaired) electrons. The van der Waals surface area contributed by atoms with Gasteiger partial charge in [-0.2, -0.15) is 0 Å². The summed E-state index contributed by atoms with van der Waals surface area (Å²) in [6.45, 7) is 0.893. The summed E-state index contributed by atoms with van der Waals surface area (Å²) < 4.78 is 0. The van der Waals surface area contributed by atoms with Crippen molar-refractivity contribution in [1.82, 2.24) is 10.2 Å². The Morgan fingerprint density at radius 2 is 1.77 bits per heavy atom. The molecule has 1 fully saturated rings. The zero-order valence-electron chi connectivity index (χ0n) is 12.2. The molecule has 0 spiro atoms. The number of hydrogen-bond donors (Lipinski definition) is 2. The number of aliphatic hydroxyl groups excluding tert-OH is 1. The van der Waals surface area contributed by atoms with Crippen LogP contribution in [0.15, 0.2) is 18.2 Å². The van der Waals surface area contributed by atoms with E-state index in [1.54, 1.807) is 18.0 Å². The maximum Gasteiger partial charge on any atom is 0.256 e. The van der Waals surface area contributed by atoms with E-state index in [0.29, 0.717) is 41.5 Å². The van der Waals surface area contributed by atoms with E-state index in [-0.39, 0.29) is 11.8 Å². The number of piperidine rings is 1. The Labute approximate surface area is 139 Å². The second kappa shape index (κ2) is 7.31. The highest BCUT2D eigenvalue weighted by atomic mass is 35.5. The minimum absolute atomic E-state index is 0.00531. The molecule has 1 aromatic carbocycles. The van der Waals surface area contributed by atoms with Crippen molar-refractivity contribution in [2.45, 2.75) is 18.9 Å². The number of hydrogen-bond acceptors (Lipinski definition) is 3. The van der Waals surface area contributed by atoms with Gasteiger partial charge in [-0.1, -0.05) is 23.2 Å². The standard InChI is InChI=1S/C15H18Cl2N2O3/c1-18-14(21)9-2-4-19(5-3-9)15(22)13(20)10-6-11(16)8-12(17)7-10/h6-9,13,20H,2-5H2,1H3,(H,18,21). The van der Waals surface area contributed by atoms with Crippen molar-refractivity contribution in [3.05, 3.63) is 33.8 Å². The highest BCUT2D eigenvalue weighted by Crippen LogP contribution is 2.26. The molecule has 1 saturated heterocycles. The number of carbonyl (C=O) groups excluding carboxylic acids is 2. The minimum Gasteiger partial charge on any atom is -0.378 e. The van der Waals surface area contributed by atoms with Crippen LogP contribution < -0.4 is 5.32 Å². The van der Waals surface area contributed by atoms with E-state index < -0.39 is 12.0 Å². The molecule has 22 heavy (non-hydrogen) atoms. The predicted octanol–water partition coefficient (Wildman–Crippen LogP) is 2.01. The molecule has 2 N–H and O–H groups in total. The smallest absolute Gasteiger partial charge is 0.256 e. The molecule has 1 aliphatic heterocycles. The minimum atomic E-state index is -1.30. The van der Waals surface area contributed by atoms with Crippen molar-refractivity contribution in [3.63, 3.8) is 0 Å². The van der Waals surface area contributed by atoms with Crippen LogP contribution in [0.3, 0.4) is 0 Å². The summed E-state index contributed by atoms with van der Waals surface area (Å²) in [5, 5.41) is 13.6. The molecule has 5 nitrogen and oxygen atoms in total. The molecule has 1 aliphatic rings. The van der Waals surface area contributed by atoms with Crippen molar-refractivity contribution >= 4 is 35.0 Å². The quantitative estimate of drug-likeness (QED) is 0.881. The van der Waals surface area contributed by atoms with E-state index in [1.165, 1.54) is 12.1 Å². The highest BCUT2D eigenvalue weighted by molar-refractivity contribution is 6.34. The first-order chi connectivity index (χ1) is 10.4. The Morgan fingerprint density at radius 1 is 1.23 bits per heavy atom. The van der Waals surface area contributed by atoms with Gasteiger partial charge in [0.25, 0.3) is 5.91 Å². The third-order valence-electron chi connectivity index (χ3n) is 3.86. The van der Waals surface area contributed by atoms with Gasteiger partial charge in [-0.3, -0.25) is 9.59 Å². The van der Waals surface area contributed by atoms with Crippen LogP contribution in [-0.4, -0.2) is 42.0 Å². The first kappa shape index (κ1) is 17.1. The lowest BCUT2D eigenvalue weighted by molar-refractivity contribution is -0.143. The van der Waals surface area contributed by atoms with Crippen LogP contribution in [0.1, 0.15) is 24.5 Å². The molecule has 0 bridgehead atoms. The molecular weight excluding hydrogens is 327 g/mol. The van der Waals surface area contributed by atoms with E-state index in [4.69, 9.17) is 23.2 Å². The van der Waals surface area contributed by atoms with Gasteiger partial charge in [0, 0.05) is 36.1 Å². The predicted molar refractivity (Wildman–Crippen MR) is 84.8 cm³/mol. The fourth-order valence-corrected chi connectivity index (χ4v) is 3.16. The van der Waals surface area contributed by atoms with Gasteiger partial charge < -0.3 is 15.3 Å². The Bertz CT molecular complexity index is 552. The Balaban J connectivity index is 2.01. The molecule has 0 saturated carbocycles.